The Balaban J connectivity index is 0.000000461. The molecule has 2 N–H and O–H groups in total. The van der Waals surface area contributed by atoms with Crippen molar-refractivity contribution in [3.8, 4) is 0 Å². The molecule has 1 heterocycles. The van der Waals surface area contributed by atoms with Crippen LogP contribution in [0, 0.1) is 12.7 Å². The van der Waals surface area contributed by atoms with Gasteiger partial charge in [0.25, 0.3) is 0 Å². The lowest BCUT2D eigenvalue weighted by molar-refractivity contribution is -0.131. The highest BCUT2D eigenvalue weighted by atomic mass is 35.5. The fraction of sp³-hybridized carbons (Fsp3) is 0.355. The number of amides is 1. The first-order chi connectivity index (χ1) is 18.8. The summed E-state index contributed by atoms with van der Waals surface area (Å²) in [6, 6.07) is 18.8. The Kier molecular flexibility index (Phi) is 9.03. The lowest BCUT2D eigenvalue weighted by Crippen LogP contribution is -2.60. The molecule has 0 saturated heterocycles. The van der Waals surface area contributed by atoms with E-state index in [9.17, 15) is 14.0 Å². The van der Waals surface area contributed by atoms with Crippen LogP contribution in [0.3, 0.4) is 0 Å². The van der Waals surface area contributed by atoms with Gasteiger partial charge in [-0.25, -0.2) is 14.4 Å². The number of ketones is 1. The molecule has 2 aliphatic rings. The second-order valence-electron chi connectivity index (χ2n) is 11.1. The van der Waals surface area contributed by atoms with Crippen molar-refractivity contribution in [2.24, 2.45) is 5.73 Å². The molecule has 0 bridgehead atoms. The van der Waals surface area contributed by atoms with Gasteiger partial charge in [0.15, 0.2) is 5.78 Å². The highest BCUT2D eigenvalue weighted by Gasteiger charge is 2.68. The van der Waals surface area contributed by atoms with Crippen molar-refractivity contribution in [1.29, 1.82) is 0 Å². The average molecular weight is 606 g/mol. The van der Waals surface area contributed by atoms with Crippen LogP contribution in [0.2, 0.25) is 10.0 Å². The first-order valence-electron chi connectivity index (χ1n) is 13.0. The van der Waals surface area contributed by atoms with Gasteiger partial charge in [-0.15, -0.1) is 0 Å². The van der Waals surface area contributed by atoms with Crippen molar-refractivity contribution < 1.29 is 18.7 Å². The van der Waals surface area contributed by atoms with Crippen molar-refractivity contribution >= 4 is 50.6 Å². The highest BCUT2D eigenvalue weighted by molar-refractivity contribution is 8.32. The zero-order chi connectivity index (χ0) is 29.3. The van der Waals surface area contributed by atoms with Gasteiger partial charge in [0.05, 0.1) is 12.3 Å². The minimum atomic E-state index is -1.69. The van der Waals surface area contributed by atoms with Crippen molar-refractivity contribution in [2.45, 2.75) is 30.7 Å². The molecule has 1 saturated carbocycles. The SMILES string of the molecule is Cc1ccc(F)cc1[C@@]1(N)C(=O)CC[C@]12C(=O)N(COCCS(C)(C)C)c1cc(Cl)ccc12.Clc1ccccc1. The zero-order valence-electron chi connectivity index (χ0n) is 23.2. The molecule has 1 aliphatic heterocycles. The van der Waals surface area contributed by atoms with Crippen molar-refractivity contribution in [3.05, 3.63) is 99.3 Å². The minimum Gasteiger partial charge on any atom is -0.360 e. The van der Waals surface area contributed by atoms with Gasteiger partial charge in [0.1, 0.15) is 23.5 Å². The number of ether oxygens (including phenoxy) is 1. The molecule has 214 valence electrons. The smallest absolute Gasteiger partial charge is 0.242 e. The van der Waals surface area contributed by atoms with Gasteiger partial charge >= 0.3 is 0 Å². The van der Waals surface area contributed by atoms with Crippen LogP contribution < -0.4 is 10.6 Å². The Labute approximate surface area is 247 Å². The Morgan fingerprint density at radius 3 is 2.30 bits per heavy atom. The van der Waals surface area contributed by atoms with Crippen LogP contribution in [0.4, 0.5) is 10.1 Å². The van der Waals surface area contributed by atoms with E-state index in [1.54, 1.807) is 31.2 Å². The van der Waals surface area contributed by atoms with E-state index in [1.165, 1.54) is 17.0 Å². The van der Waals surface area contributed by atoms with E-state index in [1.807, 2.05) is 30.3 Å². The number of halogens is 3. The number of anilines is 1. The molecule has 40 heavy (non-hydrogen) atoms. The number of carbonyl (C=O) groups is 2. The molecule has 1 spiro atoms. The van der Waals surface area contributed by atoms with E-state index in [2.05, 4.69) is 18.8 Å². The molecule has 2 atom stereocenters. The minimum absolute atomic E-state index is 0.0375. The second-order valence-corrected chi connectivity index (χ2v) is 16.6. The number of fused-ring (bicyclic) bond motifs is 2. The van der Waals surface area contributed by atoms with Crippen LogP contribution >= 0.6 is 33.2 Å². The van der Waals surface area contributed by atoms with Crippen molar-refractivity contribution in [1.82, 2.24) is 0 Å². The average Bonchev–Trinajstić information content (AvgIpc) is 3.30. The van der Waals surface area contributed by atoms with E-state index in [0.29, 0.717) is 34.0 Å². The molecule has 0 radical (unpaired) electrons. The van der Waals surface area contributed by atoms with Crippen molar-refractivity contribution in [3.63, 3.8) is 0 Å². The summed E-state index contributed by atoms with van der Waals surface area (Å²) in [6.45, 7) is 2.33. The van der Waals surface area contributed by atoms with Gasteiger partial charge in [-0.2, -0.15) is 0 Å². The standard InChI is InChI=1S/C25H30ClFN2O3S.C6H5Cl/c1-16-5-7-18(27)14-20(16)25(28)22(30)9-10-24(25)19-8-6-17(26)13-21(19)29(23(24)31)15-32-11-12-33(2,3)4;7-6-4-2-1-3-5-6/h5-8,13-14H,9-12,15,28H2,1-4H3;1-5H/t24-,25+;/m0./s1. The summed E-state index contributed by atoms with van der Waals surface area (Å²) in [5.74, 6) is -0.170. The van der Waals surface area contributed by atoms with Crippen LogP contribution in [0.5, 0.6) is 0 Å². The molecule has 0 aromatic heterocycles. The van der Waals surface area contributed by atoms with Crippen LogP contribution in [0.25, 0.3) is 0 Å². The predicted octanol–water partition coefficient (Wildman–Crippen LogP) is 6.60. The maximum absolute atomic E-state index is 14.3. The molecule has 9 heteroatoms. The van der Waals surface area contributed by atoms with Gasteiger partial charge < -0.3 is 10.5 Å². The fourth-order valence-corrected chi connectivity index (χ4v) is 6.44. The Morgan fingerprint density at radius 1 is 0.975 bits per heavy atom. The quantitative estimate of drug-likeness (QED) is 0.322. The molecular weight excluding hydrogens is 570 g/mol. The third kappa shape index (κ3) is 5.68. The summed E-state index contributed by atoms with van der Waals surface area (Å²) < 4.78 is 20.2. The van der Waals surface area contributed by atoms with E-state index in [0.717, 1.165) is 10.8 Å². The summed E-state index contributed by atoms with van der Waals surface area (Å²) >= 11 is 11.8. The van der Waals surface area contributed by atoms with Crippen LogP contribution in [0.1, 0.15) is 29.5 Å². The topological polar surface area (TPSA) is 72.6 Å². The maximum Gasteiger partial charge on any atom is 0.242 e. The van der Waals surface area contributed by atoms with E-state index < -0.39 is 26.8 Å². The summed E-state index contributed by atoms with van der Waals surface area (Å²) in [5.41, 5.74) is 6.12. The monoisotopic (exact) mass is 604 g/mol. The van der Waals surface area contributed by atoms with E-state index in [4.69, 9.17) is 33.7 Å². The predicted molar refractivity (Wildman–Crippen MR) is 164 cm³/mol. The van der Waals surface area contributed by atoms with Gasteiger partial charge in [0, 0.05) is 22.2 Å². The molecule has 3 aromatic rings. The Morgan fingerprint density at radius 2 is 1.68 bits per heavy atom. The number of hydrogen-bond acceptors (Lipinski definition) is 4. The van der Waals surface area contributed by atoms with Crippen LogP contribution in [0.15, 0.2) is 66.7 Å². The third-order valence-electron chi connectivity index (χ3n) is 7.58. The van der Waals surface area contributed by atoms with E-state index >= 15 is 0 Å². The molecule has 0 unspecified atom stereocenters. The summed E-state index contributed by atoms with van der Waals surface area (Å²) in [6.07, 6.45) is 6.98. The number of benzene rings is 3. The van der Waals surface area contributed by atoms with Gasteiger partial charge in [0.2, 0.25) is 5.91 Å². The molecular formula is C31H35Cl2FN2O3S. The highest BCUT2D eigenvalue weighted by Crippen LogP contribution is 2.58. The normalized spacial score (nSPS) is 22.4. The number of nitrogens with two attached hydrogens (primary N) is 1. The number of aryl methyl sites for hydroxylation is 1. The second kappa shape index (κ2) is 11.8. The Bertz CT molecular complexity index is 1420. The molecule has 1 fully saturated rings. The summed E-state index contributed by atoms with van der Waals surface area (Å²) in [5, 5.41) is 1.26. The molecule has 1 amide bonds. The van der Waals surface area contributed by atoms with Crippen LogP contribution in [-0.4, -0.2) is 49.5 Å². The van der Waals surface area contributed by atoms with Crippen molar-refractivity contribution in [2.75, 3.05) is 42.8 Å². The number of carbonyl (C=O) groups excluding carboxylic acids is 2. The number of Topliss-reactive ketones (excluding diaryl/α,β-unsaturated/α-hetero) is 1. The molecule has 1 aliphatic carbocycles. The van der Waals surface area contributed by atoms with Gasteiger partial charge in [-0.05, 0) is 85.2 Å². The van der Waals surface area contributed by atoms with E-state index in [-0.39, 0.29) is 31.3 Å². The largest absolute Gasteiger partial charge is 0.360 e. The van der Waals surface area contributed by atoms with Crippen LogP contribution in [-0.2, 0) is 25.3 Å². The molecule has 5 nitrogen and oxygen atoms in total. The number of nitrogens with zero attached hydrogens (tertiary/aromatic N) is 1. The lowest BCUT2D eigenvalue weighted by atomic mass is 9.64. The zero-order valence-corrected chi connectivity index (χ0v) is 25.5. The van der Waals surface area contributed by atoms with Gasteiger partial charge in [-0.3, -0.25) is 14.5 Å². The first-order valence-corrected chi connectivity index (χ1v) is 16.7. The fourth-order valence-electron chi connectivity index (χ4n) is 5.51. The maximum atomic E-state index is 14.3. The lowest BCUT2D eigenvalue weighted by Gasteiger charge is -2.39. The first kappa shape index (κ1) is 30.5. The van der Waals surface area contributed by atoms with Gasteiger partial charge in [-0.1, -0.05) is 53.5 Å². The number of rotatable bonds is 6. The number of hydrogen-bond donors (Lipinski definition) is 1. The molecule has 3 aromatic carbocycles. The summed E-state index contributed by atoms with van der Waals surface area (Å²) in [7, 11) is -0.743. The summed E-state index contributed by atoms with van der Waals surface area (Å²) in [4.78, 5) is 29.0. The molecule has 5 rings (SSSR count). The Hall–Kier alpha value is -2.42. The third-order valence-corrected chi connectivity index (χ3v) is 9.46.